The molecular formula is C24H24N4OS. The zero-order chi connectivity index (χ0) is 21.3. The van der Waals surface area contributed by atoms with E-state index in [2.05, 4.69) is 31.0 Å². The van der Waals surface area contributed by atoms with Crippen LogP contribution in [0, 0.1) is 13.8 Å². The van der Waals surface area contributed by atoms with Crippen molar-refractivity contribution in [3.05, 3.63) is 83.2 Å². The Hall–Kier alpha value is -3.25. The molecule has 0 saturated carbocycles. The molecule has 1 amide bonds. The van der Waals surface area contributed by atoms with Crippen LogP contribution in [0.4, 0.5) is 10.8 Å². The molecule has 2 heterocycles. The Morgan fingerprint density at radius 1 is 1.00 bits per heavy atom. The van der Waals surface area contributed by atoms with Crippen LogP contribution in [0.1, 0.15) is 27.2 Å². The topological polar surface area (TPSA) is 49.3 Å². The molecule has 6 heteroatoms. The van der Waals surface area contributed by atoms with Gasteiger partial charge in [-0.25, -0.2) is 4.98 Å². The number of nitrogens with zero attached hydrogens (tertiary/aromatic N) is 4. The highest BCUT2D eigenvalue weighted by atomic mass is 32.1. The third-order valence-corrected chi connectivity index (χ3v) is 6.27. The average Bonchev–Trinajstić information content (AvgIpc) is 3.20. The molecule has 0 aliphatic carbocycles. The lowest BCUT2D eigenvalue weighted by atomic mass is 10.1. The monoisotopic (exact) mass is 416 g/mol. The average molecular weight is 417 g/mol. The molecule has 0 unspecified atom stereocenters. The third kappa shape index (κ3) is 3.91. The highest BCUT2D eigenvalue weighted by Crippen LogP contribution is 2.33. The second-order valence-corrected chi connectivity index (χ2v) is 8.51. The first-order chi connectivity index (χ1) is 14.4. The fourth-order valence-electron chi connectivity index (χ4n) is 3.27. The molecule has 0 radical (unpaired) electrons. The van der Waals surface area contributed by atoms with Crippen LogP contribution >= 0.6 is 11.3 Å². The van der Waals surface area contributed by atoms with E-state index in [0.29, 0.717) is 17.2 Å². The second kappa shape index (κ2) is 8.24. The Bertz CT molecular complexity index is 1180. The number of carbonyl (C=O) groups excluding carboxylic acids is 1. The van der Waals surface area contributed by atoms with Crippen LogP contribution in [0.5, 0.6) is 0 Å². The number of fused-ring (bicyclic) bond motifs is 1. The molecule has 30 heavy (non-hydrogen) atoms. The maximum Gasteiger partial charge on any atom is 0.260 e. The summed E-state index contributed by atoms with van der Waals surface area (Å²) in [5, 5.41) is 0.686. The predicted octanol–water partition coefficient (Wildman–Crippen LogP) is 5.22. The molecule has 0 bridgehead atoms. The number of pyridine rings is 1. The van der Waals surface area contributed by atoms with E-state index in [1.807, 2.05) is 61.5 Å². The van der Waals surface area contributed by atoms with Crippen molar-refractivity contribution in [1.29, 1.82) is 0 Å². The number of carbonyl (C=O) groups is 1. The number of benzene rings is 2. The zero-order valence-electron chi connectivity index (χ0n) is 17.6. The Labute approximate surface area is 180 Å². The van der Waals surface area contributed by atoms with E-state index in [4.69, 9.17) is 4.98 Å². The number of hydrogen-bond donors (Lipinski definition) is 0. The molecule has 0 saturated heterocycles. The van der Waals surface area contributed by atoms with Crippen molar-refractivity contribution in [1.82, 2.24) is 9.97 Å². The lowest BCUT2D eigenvalue weighted by molar-refractivity contribution is 0.0985. The predicted molar refractivity (Wildman–Crippen MR) is 125 cm³/mol. The van der Waals surface area contributed by atoms with Gasteiger partial charge in [0, 0.05) is 31.5 Å². The van der Waals surface area contributed by atoms with Crippen LogP contribution in [-0.2, 0) is 6.54 Å². The van der Waals surface area contributed by atoms with Gasteiger partial charge in [0.25, 0.3) is 5.91 Å². The largest absolute Gasteiger partial charge is 0.378 e. The van der Waals surface area contributed by atoms with Gasteiger partial charge in [-0.15, -0.1) is 0 Å². The van der Waals surface area contributed by atoms with Gasteiger partial charge in [-0.2, -0.15) is 0 Å². The quantitative estimate of drug-likeness (QED) is 0.447. The summed E-state index contributed by atoms with van der Waals surface area (Å²) in [5.74, 6) is -0.0839. The van der Waals surface area contributed by atoms with E-state index in [9.17, 15) is 4.79 Å². The highest BCUT2D eigenvalue weighted by Gasteiger charge is 2.23. The molecule has 0 aliphatic heterocycles. The normalized spacial score (nSPS) is 10.9. The van der Waals surface area contributed by atoms with Crippen LogP contribution in [0.3, 0.4) is 0 Å². The van der Waals surface area contributed by atoms with Crippen molar-refractivity contribution in [2.75, 3.05) is 23.9 Å². The molecular weight excluding hydrogens is 392 g/mol. The number of rotatable bonds is 5. The number of hydrogen-bond acceptors (Lipinski definition) is 5. The van der Waals surface area contributed by atoms with Crippen molar-refractivity contribution in [2.45, 2.75) is 20.4 Å². The van der Waals surface area contributed by atoms with Gasteiger partial charge in [-0.1, -0.05) is 23.5 Å². The fraction of sp³-hybridized carbons (Fsp3) is 0.208. The van der Waals surface area contributed by atoms with Crippen LogP contribution in [0.15, 0.2) is 60.8 Å². The Balaban J connectivity index is 1.76. The fourth-order valence-corrected chi connectivity index (χ4v) is 4.29. The minimum Gasteiger partial charge on any atom is -0.378 e. The molecule has 2 aromatic carbocycles. The molecule has 0 spiro atoms. The number of anilines is 2. The van der Waals surface area contributed by atoms with Crippen molar-refractivity contribution in [3.63, 3.8) is 0 Å². The van der Waals surface area contributed by atoms with E-state index >= 15 is 0 Å². The smallest absolute Gasteiger partial charge is 0.260 e. The number of aromatic nitrogens is 2. The summed E-state index contributed by atoms with van der Waals surface area (Å²) in [5.41, 5.74) is 5.80. The van der Waals surface area contributed by atoms with Gasteiger partial charge in [-0.05, 0) is 67.4 Å². The number of thiazole rings is 1. The maximum atomic E-state index is 13.5. The summed E-state index contributed by atoms with van der Waals surface area (Å²) in [6, 6.07) is 17.6. The van der Waals surface area contributed by atoms with E-state index in [0.717, 1.165) is 27.2 Å². The van der Waals surface area contributed by atoms with E-state index in [-0.39, 0.29) is 5.91 Å². The minimum atomic E-state index is -0.0839. The van der Waals surface area contributed by atoms with E-state index < -0.39 is 0 Å². The van der Waals surface area contributed by atoms with E-state index in [1.165, 1.54) is 16.9 Å². The molecule has 152 valence electrons. The van der Waals surface area contributed by atoms with Crippen molar-refractivity contribution in [2.24, 2.45) is 0 Å². The van der Waals surface area contributed by atoms with Gasteiger partial charge in [0.15, 0.2) is 5.13 Å². The van der Waals surface area contributed by atoms with Crippen LogP contribution < -0.4 is 9.80 Å². The Morgan fingerprint density at radius 3 is 2.43 bits per heavy atom. The van der Waals surface area contributed by atoms with Crippen LogP contribution in [-0.4, -0.2) is 30.0 Å². The standard InChI is InChI=1S/C24H24N4OS/c1-16-8-13-21-22(17(16)2)26-24(30-21)28(15-19-7-5-6-14-25-19)23(29)18-9-11-20(12-10-18)27(3)4/h5-14H,15H2,1-4H3. The molecule has 2 aromatic heterocycles. The number of aryl methyl sites for hydroxylation is 2. The van der Waals surface area contributed by atoms with Gasteiger partial charge < -0.3 is 4.90 Å². The summed E-state index contributed by atoms with van der Waals surface area (Å²) in [4.78, 5) is 26.5. The Morgan fingerprint density at radius 2 is 1.77 bits per heavy atom. The van der Waals surface area contributed by atoms with Crippen LogP contribution in [0.25, 0.3) is 10.2 Å². The van der Waals surface area contributed by atoms with Crippen LogP contribution in [0.2, 0.25) is 0 Å². The highest BCUT2D eigenvalue weighted by molar-refractivity contribution is 7.22. The third-order valence-electron chi connectivity index (χ3n) is 5.23. The van der Waals surface area contributed by atoms with Gasteiger partial charge in [-0.3, -0.25) is 14.7 Å². The van der Waals surface area contributed by atoms with E-state index in [1.54, 1.807) is 11.1 Å². The summed E-state index contributed by atoms with van der Waals surface area (Å²) in [6.45, 7) is 4.52. The first-order valence-electron chi connectivity index (χ1n) is 9.80. The van der Waals surface area contributed by atoms with Gasteiger partial charge in [0.1, 0.15) is 0 Å². The van der Waals surface area contributed by atoms with Gasteiger partial charge in [0.05, 0.1) is 22.5 Å². The molecule has 5 nitrogen and oxygen atoms in total. The molecule has 0 atom stereocenters. The summed E-state index contributed by atoms with van der Waals surface area (Å²) in [6.07, 6.45) is 1.75. The maximum absolute atomic E-state index is 13.5. The zero-order valence-corrected chi connectivity index (χ0v) is 18.4. The summed E-state index contributed by atoms with van der Waals surface area (Å²) < 4.78 is 1.08. The number of amides is 1. The summed E-state index contributed by atoms with van der Waals surface area (Å²) >= 11 is 1.54. The minimum absolute atomic E-state index is 0.0839. The van der Waals surface area contributed by atoms with Crippen molar-refractivity contribution >= 4 is 38.3 Å². The molecule has 0 fully saturated rings. The van der Waals surface area contributed by atoms with Crippen molar-refractivity contribution < 1.29 is 4.79 Å². The first-order valence-corrected chi connectivity index (χ1v) is 10.6. The molecule has 0 N–H and O–H groups in total. The lowest BCUT2D eigenvalue weighted by Crippen LogP contribution is -2.30. The second-order valence-electron chi connectivity index (χ2n) is 7.50. The SMILES string of the molecule is Cc1ccc2sc(N(Cc3ccccn3)C(=O)c3ccc(N(C)C)cc3)nc2c1C. The van der Waals surface area contributed by atoms with Gasteiger partial charge in [0.2, 0.25) is 0 Å². The molecule has 0 aliphatic rings. The molecule has 4 rings (SSSR count). The van der Waals surface area contributed by atoms with Gasteiger partial charge >= 0.3 is 0 Å². The van der Waals surface area contributed by atoms with Crippen molar-refractivity contribution in [3.8, 4) is 0 Å². The Kier molecular flexibility index (Phi) is 5.50. The molecule has 4 aromatic rings. The summed E-state index contributed by atoms with van der Waals surface area (Å²) in [7, 11) is 3.96. The lowest BCUT2D eigenvalue weighted by Gasteiger charge is -2.20. The first kappa shape index (κ1) is 20.0.